The summed E-state index contributed by atoms with van der Waals surface area (Å²) in [5.74, 6) is 0.920. The first-order valence-electron chi connectivity index (χ1n) is 7.66. The van der Waals surface area contributed by atoms with Crippen LogP contribution in [0.15, 0.2) is 30.3 Å². The van der Waals surface area contributed by atoms with Crippen LogP contribution in [0, 0.1) is 0 Å². The maximum Gasteiger partial charge on any atom is 0.119 e. The second-order valence-electron chi connectivity index (χ2n) is 4.94. The smallest absolute Gasteiger partial charge is 0.119 e. The van der Waals surface area contributed by atoms with E-state index in [0.717, 1.165) is 12.2 Å². The van der Waals surface area contributed by atoms with Gasteiger partial charge in [0.15, 0.2) is 0 Å². The molecule has 1 atom stereocenters. The molecule has 0 aliphatic carbocycles. The van der Waals surface area contributed by atoms with Crippen LogP contribution in [0.5, 0.6) is 5.75 Å². The zero-order valence-electron chi connectivity index (χ0n) is 12.4. The lowest BCUT2D eigenvalue weighted by molar-refractivity contribution is 0.0223. The molecule has 0 amide bonds. The van der Waals surface area contributed by atoms with Crippen LogP contribution in [0.3, 0.4) is 0 Å². The van der Waals surface area contributed by atoms with Crippen LogP contribution in [-0.4, -0.2) is 19.3 Å². The van der Waals surface area contributed by atoms with Crippen LogP contribution in [0.1, 0.15) is 52.4 Å². The second kappa shape index (κ2) is 10.9. The number of rotatable bonds is 11. The van der Waals surface area contributed by atoms with Crippen molar-refractivity contribution in [1.82, 2.24) is 0 Å². The molecule has 1 aromatic carbocycles. The first-order chi connectivity index (χ1) is 9.36. The first-order valence-corrected chi connectivity index (χ1v) is 7.66. The Morgan fingerprint density at radius 1 is 0.895 bits per heavy atom. The zero-order chi connectivity index (χ0) is 13.8. The van der Waals surface area contributed by atoms with Gasteiger partial charge in [0.05, 0.1) is 12.7 Å². The molecule has 0 aromatic heterocycles. The van der Waals surface area contributed by atoms with Crippen LogP contribution in [0.4, 0.5) is 0 Å². The van der Waals surface area contributed by atoms with Gasteiger partial charge in [-0.2, -0.15) is 0 Å². The average Bonchev–Trinajstić information content (AvgIpc) is 2.45. The predicted octanol–water partition coefficient (Wildman–Crippen LogP) is 4.83. The van der Waals surface area contributed by atoms with Gasteiger partial charge in [0, 0.05) is 0 Å². The molecule has 0 bridgehead atoms. The van der Waals surface area contributed by atoms with Gasteiger partial charge in [0.25, 0.3) is 0 Å². The summed E-state index contributed by atoms with van der Waals surface area (Å²) in [4.78, 5) is 0. The summed E-state index contributed by atoms with van der Waals surface area (Å²) >= 11 is 0. The first kappa shape index (κ1) is 16.0. The number of benzene rings is 1. The lowest BCUT2D eigenvalue weighted by Gasteiger charge is -2.17. The summed E-state index contributed by atoms with van der Waals surface area (Å²) in [6, 6.07) is 9.92. The molecule has 2 nitrogen and oxygen atoms in total. The molecular formula is C17H28O2. The van der Waals surface area contributed by atoms with Crippen molar-refractivity contribution in [3.8, 4) is 5.75 Å². The molecule has 0 saturated heterocycles. The highest BCUT2D eigenvalue weighted by atomic mass is 16.5. The van der Waals surface area contributed by atoms with Crippen molar-refractivity contribution in [3.63, 3.8) is 0 Å². The molecule has 0 fully saturated rings. The maximum atomic E-state index is 5.93. The Morgan fingerprint density at radius 3 is 2.37 bits per heavy atom. The van der Waals surface area contributed by atoms with Crippen LogP contribution >= 0.6 is 0 Å². The van der Waals surface area contributed by atoms with Crippen molar-refractivity contribution in [2.24, 2.45) is 0 Å². The summed E-state index contributed by atoms with van der Waals surface area (Å²) in [7, 11) is 0. The standard InChI is InChI=1S/C17H28O2/c1-3-5-7-11-16(10-4-2)18-14-15-19-17-12-8-6-9-13-17/h6,8-9,12-13,16H,3-5,7,10-11,14-15H2,1-2H3. The Labute approximate surface area is 118 Å². The molecule has 0 aliphatic rings. The van der Waals surface area contributed by atoms with Crippen LogP contribution in [-0.2, 0) is 4.74 Å². The molecule has 19 heavy (non-hydrogen) atoms. The highest BCUT2D eigenvalue weighted by molar-refractivity contribution is 5.20. The topological polar surface area (TPSA) is 18.5 Å². The van der Waals surface area contributed by atoms with Crippen LogP contribution < -0.4 is 4.74 Å². The van der Waals surface area contributed by atoms with E-state index in [4.69, 9.17) is 9.47 Å². The summed E-state index contributed by atoms with van der Waals surface area (Å²) < 4.78 is 11.6. The number of ether oxygens (including phenoxy) is 2. The zero-order valence-corrected chi connectivity index (χ0v) is 12.4. The quantitative estimate of drug-likeness (QED) is 0.533. The summed E-state index contributed by atoms with van der Waals surface area (Å²) in [5.41, 5.74) is 0. The number of para-hydroxylation sites is 1. The third-order valence-electron chi connectivity index (χ3n) is 3.19. The molecule has 1 rings (SSSR count). The van der Waals surface area contributed by atoms with Gasteiger partial charge in [-0.1, -0.05) is 57.7 Å². The van der Waals surface area contributed by atoms with Crippen LogP contribution in [0.25, 0.3) is 0 Å². The van der Waals surface area contributed by atoms with Gasteiger partial charge >= 0.3 is 0 Å². The summed E-state index contributed by atoms with van der Waals surface area (Å²) in [6.45, 7) is 5.78. The molecule has 0 aliphatic heterocycles. The van der Waals surface area contributed by atoms with E-state index in [0.29, 0.717) is 19.3 Å². The van der Waals surface area contributed by atoms with E-state index in [-0.39, 0.29) is 0 Å². The highest BCUT2D eigenvalue weighted by Gasteiger charge is 2.07. The minimum Gasteiger partial charge on any atom is -0.491 e. The van der Waals surface area contributed by atoms with Gasteiger partial charge in [-0.15, -0.1) is 0 Å². The van der Waals surface area contributed by atoms with E-state index in [1.807, 2.05) is 30.3 Å². The Morgan fingerprint density at radius 2 is 1.68 bits per heavy atom. The van der Waals surface area contributed by atoms with Crippen molar-refractivity contribution in [2.75, 3.05) is 13.2 Å². The summed E-state index contributed by atoms with van der Waals surface area (Å²) in [5, 5.41) is 0. The molecule has 108 valence electrons. The number of unbranched alkanes of at least 4 members (excludes halogenated alkanes) is 2. The Balaban J connectivity index is 2.13. The molecular weight excluding hydrogens is 236 g/mol. The third kappa shape index (κ3) is 7.89. The molecule has 2 heteroatoms. The largest absolute Gasteiger partial charge is 0.491 e. The van der Waals surface area contributed by atoms with Gasteiger partial charge in [-0.3, -0.25) is 0 Å². The second-order valence-corrected chi connectivity index (χ2v) is 4.94. The average molecular weight is 264 g/mol. The van der Waals surface area contributed by atoms with Crippen LogP contribution in [0.2, 0.25) is 0 Å². The fourth-order valence-corrected chi connectivity index (χ4v) is 2.15. The fraction of sp³-hybridized carbons (Fsp3) is 0.647. The molecule has 1 aromatic rings. The van der Waals surface area contributed by atoms with Gasteiger partial charge in [0.2, 0.25) is 0 Å². The van der Waals surface area contributed by atoms with Gasteiger partial charge in [-0.05, 0) is 25.0 Å². The van der Waals surface area contributed by atoms with Crippen molar-refractivity contribution < 1.29 is 9.47 Å². The van der Waals surface area contributed by atoms with E-state index in [2.05, 4.69) is 13.8 Å². The molecule has 0 radical (unpaired) electrons. The monoisotopic (exact) mass is 264 g/mol. The molecule has 0 saturated carbocycles. The van der Waals surface area contributed by atoms with E-state index in [1.165, 1.54) is 32.1 Å². The molecule has 1 unspecified atom stereocenters. The van der Waals surface area contributed by atoms with Crippen molar-refractivity contribution in [1.29, 1.82) is 0 Å². The van der Waals surface area contributed by atoms with E-state index >= 15 is 0 Å². The summed E-state index contributed by atoms with van der Waals surface area (Å²) in [6.07, 6.45) is 7.81. The SMILES string of the molecule is CCCCCC(CCC)OCCOc1ccccc1. The van der Waals surface area contributed by atoms with Gasteiger partial charge < -0.3 is 9.47 Å². The Bertz CT molecular complexity index is 297. The fourth-order valence-electron chi connectivity index (χ4n) is 2.15. The Kier molecular flexibility index (Phi) is 9.17. The highest BCUT2D eigenvalue weighted by Crippen LogP contribution is 2.13. The van der Waals surface area contributed by atoms with E-state index in [9.17, 15) is 0 Å². The van der Waals surface area contributed by atoms with E-state index in [1.54, 1.807) is 0 Å². The minimum atomic E-state index is 0.413. The maximum absolute atomic E-state index is 5.93. The van der Waals surface area contributed by atoms with Crippen molar-refractivity contribution >= 4 is 0 Å². The normalized spacial score (nSPS) is 12.3. The number of hydrogen-bond acceptors (Lipinski definition) is 2. The predicted molar refractivity (Wildman–Crippen MR) is 80.7 cm³/mol. The molecule has 0 spiro atoms. The van der Waals surface area contributed by atoms with Crippen molar-refractivity contribution in [3.05, 3.63) is 30.3 Å². The lowest BCUT2D eigenvalue weighted by Crippen LogP contribution is -2.17. The Hall–Kier alpha value is -1.02. The van der Waals surface area contributed by atoms with E-state index < -0.39 is 0 Å². The number of hydrogen-bond donors (Lipinski definition) is 0. The lowest BCUT2D eigenvalue weighted by atomic mass is 10.1. The molecule has 0 N–H and O–H groups in total. The van der Waals surface area contributed by atoms with Gasteiger partial charge in [0.1, 0.15) is 12.4 Å². The third-order valence-corrected chi connectivity index (χ3v) is 3.19. The molecule has 0 heterocycles. The van der Waals surface area contributed by atoms with Crippen molar-refractivity contribution in [2.45, 2.75) is 58.5 Å². The van der Waals surface area contributed by atoms with Gasteiger partial charge in [-0.25, -0.2) is 0 Å². The minimum absolute atomic E-state index is 0.413.